The Bertz CT molecular complexity index is 807. The summed E-state index contributed by atoms with van der Waals surface area (Å²) in [6, 6.07) is 13.9. The summed E-state index contributed by atoms with van der Waals surface area (Å²) in [5.74, 6) is 0.132. The normalized spacial score (nSPS) is 10.6. The second-order valence-electron chi connectivity index (χ2n) is 6.16. The lowest BCUT2D eigenvalue weighted by molar-refractivity contribution is -0.121. The highest BCUT2D eigenvalue weighted by Crippen LogP contribution is 2.25. The Morgan fingerprint density at radius 3 is 2.64 bits per heavy atom. The predicted molar refractivity (Wildman–Crippen MR) is 108 cm³/mol. The van der Waals surface area contributed by atoms with E-state index in [4.69, 9.17) is 4.74 Å². The van der Waals surface area contributed by atoms with Gasteiger partial charge in [-0.2, -0.15) is 5.10 Å². The van der Waals surface area contributed by atoms with E-state index >= 15 is 0 Å². The molecule has 28 heavy (non-hydrogen) atoms. The zero-order chi connectivity index (χ0) is 20.2. The molecule has 0 saturated heterocycles. The van der Waals surface area contributed by atoms with Crippen molar-refractivity contribution in [3.05, 3.63) is 59.7 Å². The van der Waals surface area contributed by atoms with Crippen LogP contribution in [0.2, 0.25) is 0 Å². The lowest BCUT2D eigenvalue weighted by Crippen LogP contribution is -2.24. The van der Waals surface area contributed by atoms with Crippen LogP contribution in [0, 0.1) is 0 Å². The Morgan fingerprint density at radius 2 is 1.89 bits per heavy atom. The number of rotatable bonds is 10. The van der Waals surface area contributed by atoms with E-state index in [-0.39, 0.29) is 17.6 Å². The molecule has 0 spiro atoms. The molecule has 0 aliphatic carbocycles. The second kappa shape index (κ2) is 11.4. The van der Waals surface area contributed by atoms with Crippen LogP contribution in [0.5, 0.6) is 11.5 Å². The van der Waals surface area contributed by atoms with Crippen LogP contribution in [0.3, 0.4) is 0 Å². The number of hydrazone groups is 1. The van der Waals surface area contributed by atoms with Gasteiger partial charge in [0.25, 0.3) is 5.91 Å². The summed E-state index contributed by atoms with van der Waals surface area (Å²) in [6.45, 7) is 0.580. The van der Waals surface area contributed by atoms with Gasteiger partial charge in [-0.05, 0) is 48.7 Å². The number of phenols is 1. The van der Waals surface area contributed by atoms with Crippen LogP contribution in [0.1, 0.15) is 41.6 Å². The average molecular weight is 383 g/mol. The molecule has 2 rings (SSSR count). The minimum atomic E-state index is -0.171. The van der Waals surface area contributed by atoms with E-state index in [0.29, 0.717) is 29.8 Å². The molecule has 0 bridgehead atoms. The first-order valence-electron chi connectivity index (χ1n) is 9.12. The van der Waals surface area contributed by atoms with Crippen molar-refractivity contribution >= 4 is 18.0 Å². The summed E-state index contributed by atoms with van der Waals surface area (Å²) in [6.07, 6.45) is 4.21. The Kier molecular flexibility index (Phi) is 8.52. The number of phenolic OH excluding ortho intramolecular Hbond substituents is 1. The van der Waals surface area contributed by atoms with Crippen molar-refractivity contribution in [2.75, 3.05) is 13.7 Å². The molecular weight excluding hydrogens is 358 g/mol. The molecule has 0 radical (unpaired) electrons. The van der Waals surface area contributed by atoms with Gasteiger partial charge in [0.2, 0.25) is 5.91 Å². The number of amides is 2. The fourth-order valence-electron chi connectivity index (χ4n) is 2.49. The first-order valence-corrected chi connectivity index (χ1v) is 9.12. The first-order chi connectivity index (χ1) is 13.6. The number of nitrogens with zero attached hydrogens (tertiary/aromatic N) is 1. The molecule has 0 aliphatic rings. The van der Waals surface area contributed by atoms with Crippen LogP contribution in [0.4, 0.5) is 0 Å². The molecular formula is C21H25N3O4. The van der Waals surface area contributed by atoms with Gasteiger partial charge in [-0.3, -0.25) is 9.59 Å². The summed E-state index contributed by atoms with van der Waals surface area (Å²) < 4.78 is 5.01. The average Bonchev–Trinajstić information content (AvgIpc) is 2.72. The highest BCUT2D eigenvalue weighted by atomic mass is 16.5. The highest BCUT2D eigenvalue weighted by Gasteiger charge is 2.04. The number of ether oxygens (including phenoxy) is 1. The molecule has 0 unspecified atom stereocenters. The maximum Gasteiger partial charge on any atom is 0.251 e. The molecule has 7 nitrogen and oxygen atoms in total. The SMILES string of the molecule is COc1cc(/C=N/NC(=O)CCCCCNC(=O)c2ccccc2)ccc1O. The van der Waals surface area contributed by atoms with Crippen LogP contribution in [-0.4, -0.2) is 36.8 Å². The number of unbranched alkanes of at least 4 members (excludes halogenated alkanes) is 2. The molecule has 3 N–H and O–H groups in total. The van der Waals surface area contributed by atoms with Crippen molar-refractivity contribution < 1.29 is 19.4 Å². The lowest BCUT2D eigenvalue weighted by atomic mass is 10.2. The van der Waals surface area contributed by atoms with E-state index in [9.17, 15) is 14.7 Å². The Balaban J connectivity index is 1.58. The third-order valence-corrected chi connectivity index (χ3v) is 4.01. The molecule has 2 aromatic rings. The Morgan fingerprint density at radius 1 is 1.11 bits per heavy atom. The number of carbonyl (C=O) groups excluding carboxylic acids is 2. The topological polar surface area (TPSA) is 100 Å². The standard InChI is InChI=1S/C21H25N3O4/c1-28-19-14-16(11-12-18(19)25)15-23-24-20(26)10-6-3-7-13-22-21(27)17-8-4-2-5-9-17/h2,4-5,8-9,11-12,14-15,25H,3,6-7,10,13H2,1H3,(H,22,27)(H,24,26)/b23-15+. The van der Waals surface area contributed by atoms with Crippen LogP contribution in [0.25, 0.3) is 0 Å². The minimum absolute atomic E-state index is 0.0450. The molecule has 0 aromatic heterocycles. The quantitative estimate of drug-likeness (QED) is 0.334. The Hall–Kier alpha value is -3.35. The van der Waals surface area contributed by atoms with Gasteiger partial charge in [-0.15, -0.1) is 0 Å². The summed E-state index contributed by atoms with van der Waals surface area (Å²) >= 11 is 0. The number of benzene rings is 2. The summed E-state index contributed by atoms with van der Waals surface area (Å²) in [7, 11) is 1.46. The van der Waals surface area contributed by atoms with Crippen LogP contribution in [-0.2, 0) is 4.79 Å². The number of hydrogen-bond donors (Lipinski definition) is 3. The van der Waals surface area contributed by atoms with Crippen molar-refractivity contribution in [1.82, 2.24) is 10.7 Å². The fraction of sp³-hybridized carbons (Fsp3) is 0.286. The van der Waals surface area contributed by atoms with Crippen molar-refractivity contribution in [3.8, 4) is 11.5 Å². The third-order valence-electron chi connectivity index (χ3n) is 4.01. The van der Waals surface area contributed by atoms with Crippen molar-refractivity contribution in [2.45, 2.75) is 25.7 Å². The highest BCUT2D eigenvalue weighted by molar-refractivity contribution is 5.94. The van der Waals surface area contributed by atoms with Crippen LogP contribution in [0.15, 0.2) is 53.6 Å². The first kappa shape index (κ1) is 21.0. The van der Waals surface area contributed by atoms with Crippen molar-refractivity contribution in [1.29, 1.82) is 0 Å². The van der Waals surface area contributed by atoms with E-state index in [1.165, 1.54) is 19.4 Å². The molecule has 7 heteroatoms. The monoisotopic (exact) mass is 383 g/mol. The molecule has 2 aromatic carbocycles. The molecule has 0 heterocycles. The molecule has 0 atom stereocenters. The maximum absolute atomic E-state index is 11.9. The Labute approximate surface area is 164 Å². The van der Waals surface area contributed by atoms with Gasteiger partial charge >= 0.3 is 0 Å². The van der Waals surface area contributed by atoms with E-state index in [1.807, 2.05) is 18.2 Å². The van der Waals surface area contributed by atoms with Crippen LogP contribution >= 0.6 is 0 Å². The van der Waals surface area contributed by atoms with Crippen molar-refractivity contribution in [3.63, 3.8) is 0 Å². The number of hydrogen-bond acceptors (Lipinski definition) is 5. The van der Waals surface area contributed by atoms with Gasteiger partial charge in [0, 0.05) is 18.5 Å². The molecule has 2 amide bonds. The number of nitrogens with one attached hydrogen (secondary N) is 2. The van der Waals surface area contributed by atoms with Crippen LogP contribution < -0.4 is 15.5 Å². The lowest BCUT2D eigenvalue weighted by Gasteiger charge is -2.05. The minimum Gasteiger partial charge on any atom is -0.504 e. The zero-order valence-electron chi connectivity index (χ0n) is 15.9. The zero-order valence-corrected chi connectivity index (χ0v) is 15.9. The largest absolute Gasteiger partial charge is 0.504 e. The third kappa shape index (κ3) is 7.11. The van der Waals surface area contributed by atoms with E-state index in [0.717, 1.165) is 19.3 Å². The number of methoxy groups -OCH3 is 1. The second-order valence-corrected chi connectivity index (χ2v) is 6.16. The summed E-state index contributed by atoms with van der Waals surface area (Å²) in [5, 5.41) is 16.3. The molecule has 0 fully saturated rings. The molecule has 0 aliphatic heterocycles. The van der Waals surface area contributed by atoms with E-state index < -0.39 is 0 Å². The van der Waals surface area contributed by atoms with Gasteiger partial charge in [-0.1, -0.05) is 24.6 Å². The molecule has 0 saturated carbocycles. The van der Waals surface area contributed by atoms with E-state index in [2.05, 4.69) is 15.8 Å². The summed E-state index contributed by atoms with van der Waals surface area (Å²) in [4.78, 5) is 23.6. The van der Waals surface area contributed by atoms with Gasteiger partial charge in [0.05, 0.1) is 13.3 Å². The van der Waals surface area contributed by atoms with Gasteiger partial charge in [0.15, 0.2) is 11.5 Å². The van der Waals surface area contributed by atoms with E-state index in [1.54, 1.807) is 24.3 Å². The number of carbonyl (C=O) groups is 2. The fourth-order valence-corrected chi connectivity index (χ4v) is 2.49. The maximum atomic E-state index is 11.9. The van der Waals surface area contributed by atoms with Gasteiger partial charge < -0.3 is 15.2 Å². The summed E-state index contributed by atoms with van der Waals surface area (Å²) in [5.41, 5.74) is 3.81. The number of aromatic hydroxyl groups is 1. The van der Waals surface area contributed by atoms with Gasteiger partial charge in [-0.25, -0.2) is 5.43 Å². The predicted octanol–water partition coefficient (Wildman–Crippen LogP) is 2.84. The van der Waals surface area contributed by atoms with Crippen molar-refractivity contribution in [2.24, 2.45) is 5.10 Å². The van der Waals surface area contributed by atoms with Gasteiger partial charge in [0.1, 0.15) is 0 Å². The smallest absolute Gasteiger partial charge is 0.251 e. The molecule has 148 valence electrons.